The number of carbonyl (C=O) groups is 1. The first-order valence-electron chi connectivity index (χ1n) is 7.99. The van der Waals surface area contributed by atoms with E-state index in [1.807, 2.05) is 35.2 Å². The fourth-order valence-electron chi connectivity index (χ4n) is 3.71. The van der Waals surface area contributed by atoms with E-state index in [1.165, 1.54) is 4.90 Å². The summed E-state index contributed by atoms with van der Waals surface area (Å²) in [5.41, 5.74) is -0.177. The van der Waals surface area contributed by atoms with E-state index in [1.54, 1.807) is 19.0 Å². The Bertz CT molecular complexity index is 578. The number of para-hydroxylation sites is 1. The fraction of sp³-hybridized carbons (Fsp3) is 0.588. The zero-order chi connectivity index (χ0) is 16.7. The lowest BCUT2D eigenvalue weighted by Gasteiger charge is -2.46. The van der Waals surface area contributed by atoms with Gasteiger partial charge in [0, 0.05) is 52.4 Å². The zero-order valence-corrected chi connectivity index (χ0v) is 13.6. The van der Waals surface area contributed by atoms with Crippen LogP contribution in [-0.2, 0) is 0 Å². The number of alkyl halides is 2. The molecule has 2 aliphatic heterocycles. The highest BCUT2D eigenvalue weighted by atomic mass is 19.3. The van der Waals surface area contributed by atoms with E-state index < -0.39 is 11.3 Å². The van der Waals surface area contributed by atoms with Gasteiger partial charge in [-0.15, -0.1) is 0 Å². The first-order valence-corrected chi connectivity index (χ1v) is 7.99. The van der Waals surface area contributed by atoms with Gasteiger partial charge in [0.15, 0.2) is 0 Å². The van der Waals surface area contributed by atoms with Crippen molar-refractivity contribution in [1.82, 2.24) is 9.80 Å². The van der Waals surface area contributed by atoms with E-state index in [0.717, 1.165) is 5.69 Å². The van der Waals surface area contributed by atoms with Gasteiger partial charge < -0.3 is 14.7 Å². The smallest absolute Gasteiger partial charge is 0.319 e. The van der Waals surface area contributed by atoms with Gasteiger partial charge in [-0.25, -0.2) is 13.6 Å². The summed E-state index contributed by atoms with van der Waals surface area (Å²) in [4.78, 5) is 17.2. The van der Waals surface area contributed by atoms with Crippen molar-refractivity contribution in [3.63, 3.8) is 0 Å². The van der Waals surface area contributed by atoms with Gasteiger partial charge in [-0.3, -0.25) is 0 Å². The number of hydrogen-bond donors (Lipinski definition) is 0. The molecule has 23 heavy (non-hydrogen) atoms. The molecule has 1 aromatic rings. The molecule has 0 aromatic heterocycles. The van der Waals surface area contributed by atoms with Gasteiger partial charge in [0.2, 0.25) is 0 Å². The summed E-state index contributed by atoms with van der Waals surface area (Å²) in [7, 11) is 3.32. The van der Waals surface area contributed by atoms with Crippen LogP contribution in [0.15, 0.2) is 30.3 Å². The molecule has 2 saturated heterocycles. The van der Waals surface area contributed by atoms with Crippen molar-refractivity contribution in [3.8, 4) is 0 Å². The van der Waals surface area contributed by atoms with Crippen molar-refractivity contribution in [2.24, 2.45) is 5.41 Å². The molecule has 2 aliphatic rings. The summed E-state index contributed by atoms with van der Waals surface area (Å²) in [5.74, 6) is -2.74. The number of benzene rings is 1. The van der Waals surface area contributed by atoms with Crippen molar-refractivity contribution in [3.05, 3.63) is 30.3 Å². The molecule has 4 nitrogen and oxygen atoms in total. The Morgan fingerprint density at radius 2 is 1.78 bits per heavy atom. The maximum Gasteiger partial charge on any atom is 0.319 e. The third-order valence-corrected chi connectivity index (χ3v) is 5.09. The molecule has 0 aliphatic carbocycles. The van der Waals surface area contributed by atoms with Crippen molar-refractivity contribution in [2.75, 3.05) is 45.2 Å². The quantitative estimate of drug-likeness (QED) is 0.794. The second-order valence-corrected chi connectivity index (χ2v) is 6.84. The van der Waals surface area contributed by atoms with Crippen molar-refractivity contribution in [1.29, 1.82) is 0 Å². The molecule has 0 N–H and O–H groups in total. The number of urea groups is 1. The van der Waals surface area contributed by atoms with Crippen LogP contribution in [0.25, 0.3) is 0 Å². The highest BCUT2D eigenvalue weighted by molar-refractivity contribution is 5.74. The number of anilines is 1. The number of amides is 2. The maximum absolute atomic E-state index is 14.7. The minimum atomic E-state index is -2.74. The highest BCUT2D eigenvalue weighted by Gasteiger charge is 2.60. The molecule has 3 rings (SSSR count). The summed E-state index contributed by atoms with van der Waals surface area (Å²) >= 11 is 0. The molecule has 1 aromatic carbocycles. The van der Waals surface area contributed by atoms with E-state index in [9.17, 15) is 13.6 Å². The predicted molar refractivity (Wildman–Crippen MR) is 85.9 cm³/mol. The molecule has 2 heterocycles. The van der Waals surface area contributed by atoms with E-state index in [-0.39, 0.29) is 25.5 Å². The molecule has 6 heteroatoms. The topological polar surface area (TPSA) is 26.8 Å². The van der Waals surface area contributed by atoms with Crippen LogP contribution in [0.2, 0.25) is 0 Å². The summed E-state index contributed by atoms with van der Waals surface area (Å²) in [5, 5.41) is 0. The van der Waals surface area contributed by atoms with E-state index in [2.05, 4.69) is 0 Å². The highest BCUT2D eigenvalue weighted by Crippen LogP contribution is 2.50. The number of hydrogen-bond acceptors (Lipinski definition) is 2. The lowest BCUT2D eigenvalue weighted by atomic mass is 9.75. The van der Waals surface area contributed by atoms with Crippen LogP contribution in [0, 0.1) is 5.41 Å². The Morgan fingerprint density at radius 1 is 1.09 bits per heavy atom. The van der Waals surface area contributed by atoms with Gasteiger partial charge in [0.05, 0.1) is 5.41 Å². The number of piperidine rings is 1. The number of nitrogens with zero attached hydrogens (tertiary/aromatic N) is 3. The molecular weight excluding hydrogens is 300 g/mol. The van der Waals surface area contributed by atoms with E-state index in [4.69, 9.17) is 0 Å². The minimum Gasteiger partial charge on any atom is -0.371 e. The third-order valence-electron chi connectivity index (χ3n) is 5.09. The fourth-order valence-corrected chi connectivity index (χ4v) is 3.71. The van der Waals surface area contributed by atoms with Crippen molar-refractivity contribution < 1.29 is 13.6 Å². The van der Waals surface area contributed by atoms with E-state index >= 15 is 0 Å². The van der Waals surface area contributed by atoms with Gasteiger partial charge in [0.25, 0.3) is 5.92 Å². The first-order chi connectivity index (χ1) is 10.8. The van der Waals surface area contributed by atoms with Crippen molar-refractivity contribution >= 4 is 11.7 Å². The standard InChI is InChI=1S/C17H23F2N3O/c1-20(2)15(23)22-11-9-17(18,19)16(13-22)8-10-21(12-16)14-6-4-3-5-7-14/h3-7H,8-13H2,1-2H3. The lowest BCUT2D eigenvalue weighted by molar-refractivity contribution is -0.150. The molecule has 126 valence electrons. The summed E-state index contributed by atoms with van der Waals surface area (Å²) in [6.45, 7) is 1.14. The Labute approximate surface area is 135 Å². The van der Waals surface area contributed by atoms with Crippen molar-refractivity contribution in [2.45, 2.75) is 18.8 Å². The van der Waals surface area contributed by atoms with Gasteiger partial charge in [-0.1, -0.05) is 18.2 Å². The zero-order valence-electron chi connectivity index (χ0n) is 13.6. The Hall–Kier alpha value is -1.85. The molecular formula is C17H23F2N3O. The molecule has 1 atom stereocenters. The third kappa shape index (κ3) is 2.75. The number of carbonyl (C=O) groups excluding carboxylic acids is 1. The number of rotatable bonds is 1. The summed E-state index contributed by atoms with van der Waals surface area (Å²) in [6.07, 6.45) is 0.154. The molecule has 0 radical (unpaired) electrons. The lowest BCUT2D eigenvalue weighted by Crippen LogP contribution is -2.59. The molecule has 1 spiro atoms. The van der Waals surface area contributed by atoms with Gasteiger partial charge >= 0.3 is 6.03 Å². The predicted octanol–water partition coefficient (Wildman–Crippen LogP) is 2.91. The average Bonchev–Trinajstić information content (AvgIpc) is 2.96. The Morgan fingerprint density at radius 3 is 2.43 bits per heavy atom. The molecule has 1 unspecified atom stereocenters. The second-order valence-electron chi connectivity index (χ2n) is 6.84. The normalized spacial score (nSPS) is 26.6. The monoisotopic (exact) mass is 323 g/mol. The van der Waals surface area contributed by atoms with E-state index in [0.29, 0.717) is 19.5 Å². The number of likely N-dealkylation sites (tertiary alicyclic amines) is 1. The first kappa shape index (κ1) is 16.0. The van der Waals surface area contributed by atoms with Gasteiger partial charge in [-0.2, -0.15) is 0 Å². The van der Waals surface area contributed by atoms with Crippen LogP contribution in [0.1, 0.15) is 12.8 Å². The summed E-state index contributed by atoms with van der Waals surface area (Å²) < 4.78 is 29.4. The average molecular weight is 323 g/mol. The molecule has 0 bridgehead atoms. The second kappa shape index (κ2) is 5.65. The Kier molecular flexibility index (Phi) is 3.94. The number of halogens is 2. The molecule has 2 amide bonds. The molecule has 0 saturated carbocycles. The Balaban J connectivity index is 1.82. The van der Waals surface area contributed by atoms with Gasteiger partial charge in [-0.05, 0) is 18.6 Å². The van der Waals surface area contributed by atoms with Crippen LogP contribution >= 0.6 is 0 Å². The van der Waals surface area contributed by atoms with Crippen LogP contribution in [0.5, 0.6) is 0 Å². The van der Waals surface area contributed by atoms with Crippen LogP contribution in [-0.4, -0.2) is 62.0 Å². The summed E-state index contributed by atoms with van der Waals surface area (Å²) in [6, 6.07) is 9.47. The molecule has 2 fully saturated rings. The minimum absolute atomic E-state index is 0.122. The largest absolute Gasteiger partial charge is 0.371 e. The van der Waals surface area contributed by atoms with Crippen LogP contribution < -0.4 is 4.90 Å². The van der Waals surface area contributed by atoms with Crippen LogP contribution in [0.3, 0.4) is 0 Å². The maximum atomic E-state index is 14.7. The van der Waals surface area contributed by atoms with Crippen LogP contribution in [0.4, 0.5) is 19.3 Å². The van der Waals surface area contributed by atoms with Gasteiger partial charge in [0.1, 0.15) is 0 Å². The SMILES string of the molecule is CN(C)C(=O)N1CCC(F)(F)C2(CCN(c3ccccc3)C2)C1.